The molecule has 2 heterocycles. The summed E-state index contributed by atoms with van der Waals surface area (Å²) in [5.41, 5.74) is 0. The Kier molecular flexibility index (Phi) is 1.46. The van der Waals surface area contributed by atoms with Crippen molar-refractivity contribution in [2.24, 2.45) is 5.92 Å². The predicted molar refractivity (Wildman–Crippen MR) is 42.0 cm³/mol. The lowest BCUT2D eigenvalue weighted by atomic mass is 9.96. The van der Waals surface area contributed by atoms with E-state index in [0.29, 0.717) is 0 Å². The predicted octanol–water partition coefficient (Wildman–Crippen LogP) is 0.298. The topological polar surface area (TPSA) is 15.3 Å². The van der Waals surface area contributed by atoms with Crippen LogP contribution in [0.2, 0.25) is 0 Å². The van der Waals surface area contributed by atoms with Crippen LogP contribution in [0.3, 0.4) is 0 Å². The van der Waals surface area contributed by atoms with Crippen molar-refractivity contribution in [2.45, 2.75) is 25.4 Å². The minimum absolute atomic E-state index is 0.759. The van der Waals surface area contributed by atoms with Crippen LogP contribution in [0, 0.1) is 5.92 Å². The number of fused-ring (bicyclic) bond motifs is 2. The van der Waals surface area contributed by atoms with E-state index < -0.39 is 0 Å². The zero-order valence-electron chi connectivity index (χ0n) is 6.80. The lowest BCUT2D eigenvalue weighted by Gasteiger charge is -2.27. The highest BCUT2D eigenvalue weighted by Crippen LogP contribution is 2.25. The molecule has 10 heavy (non-hydrogen) atoms. The van der Waals surface area contributed by atoms with Crippen molar-refractivity contribution in [3.8, 4) is 0 Å². The van der Waals surface area contributed by atoms with Crippen molar-refractivity contribution >= 4 is 0 Å². The summed E-state index contributed by atoms with van der Waals surface area (Å²) in [5, 5.41) is 3.60. The summed E-state index contributed by atoms with van der Waals surface area (Å²) in [6.45, 7) is 4.86. The molecule has 0 aromatic carbocycles. The van der Waals surface area contributed by atoms with Gasteiger partial charge in [0.25, 0.3) is 0 Å². The third-order valence-electron chi connectivity index (χ3n) is 2.87. The number of nitrogens with zero attached hydrogens (tertiary/aromatic N) is 1. The molecule has 3 atom stereocenters. The van der Waals surface area contributed by atoms with Gasteiger partial charge in [0.1, 0.15) is 0 Å². The lowest BCUT2D eigenvalue weighted by molar-refractivity contribution is 0.226. The normalized spacial score (nSPS) is 48.0. The van der Waals surface area contributed by atoms with E-state index in [1.54, 1.807) is 0 Å². The molecule has 2 aliphatic heterocycles. The Morgan fingerprint density at radius 3 is 2.90 bits per heavy atom. The van der Waals surface area contributed by atoms with Crippen molar-refractivity contribution in [3.05, 3.63) is 0 Å². The van der Waals surface area contributed by atoms with Crippen LogP contribution >= 0.6 is 0 Å². The quantitative estimate of drug-likeness (QED) is 0.520. The van der Waals surface area contributed by atoms with Gasteiger partial charge in [-0.25, -0.2) is 0 Å². The third kappa shape index (κ3) is 0.956. The van der Waals surface area contributed by atoms with Gasteiger partial charge in [0, 0.05) is 25.2 Å². The summed E-state index contributed by atoms with van der Waals surface area (Å²) in [6.07, 6.45) is 1.41. The van der Waals surface area contributed by atoms with Crippen molar-refractivity contribution in [1.82, 2.24) is 10.2 Å². The zero-order valence-corrected chi connectivity index (χ0v) is 6.80. The maximum absolute atomic E-state index is 3.60. The maximum atomic E-state index is 3.60. The van der Waals surface area contributed by atoms with Crippen LogP contribution in [0.15, 0.2) is 0 Å². The van der Waals surface area contributed by atoms with Gasteiger partial charge in [0.05, 0.1) is 0 Å². The van der Waals surface area contributed by atoms with Gasteiger partial charge in [-0.1, -0.05) is 0 Å². The van der Waals surface area contributed by atoms with E-state index in [1.165, 1.54) is 19.5 Å². The summed E-state index contributed by atoms with van der Waals surface area (Å²) in [7, 11) is 2.22. The van der Waals surface area contributed by atoms with Crippen LogP contribution < -0.4 is 5.32 Å². The molecule has 0 spiro atoms. The Morgan fingerprint density at radius 2 is 2.20 bits per heavy atom. The molecule has 0 aromatic rings. The van der Waals surface area contributed by atoms with E-state index in [9.17, 15) is 0 Å². The summed E-state index contributed by atoms with van der Waals surface area (Å²) < 4.78 is 0. The molecule has 0 amide bonds. The molecule has 0 radical (unpaired) electrons. The second-order valence-electron chi connectivity index (χ2n) is 3.87. The molecule has 58 valence electrons. The first-order valence-electron chi connectivity index (χ1n) is 4.20. The fourth-order valence-corrected chi connectivity index (χ4v) is 2.36. The number of hydrogen-bond acceptors (Lipinski definition) is 2. The van der Waals surface area contributed by atoms with Crippen molar-refractivity contribution in [3.63, 3.8) is 0 Å². The molecular weight excluding hydrogens is 124 g/mol. The largest absolute Gasteiger partial charge is 0.310 e. The molecule has 2 nitrogen and oxygen atoms in total. The zero-order chi connectivity index (χ0) is 7.14. The van der Waals surface area contributed by atoms with Gasteiger partial charge in [-0.15, -0.1) is 0 Å². The minimum atomic E-state index is 0.759. The summed E-state index contributed by atoms with van der Waals surface area (Å²) >= 11 is 0. The standard InChI is InChI=1S/C8H16N2/c1-6-7-3-8(9-6)5-10(2)4-7/h6-9H,3-5H2,1-2H3/t6?,7-,8+/m0/s1. The Labute approximate surface area is 62.6 Å². The van der Waals surface area contributed by atoms with E-state index in [1.807, 2.05) is 0 Å². The average molecular weight is 140 g/mol. The molecule has 2 bridgehead atoms. The Bertz CT molecular complexity index is 130. The number of piperidine rings is 1. The minimum Gasteiger partial charge on any atom is -0.310 e. The monoisotopic (exact) mass is 140 g/mol. The van der Waals surface area contributed by atoms with Gasteiger partial charge in [-0.2, -0.15) is 0 Å². The second-order valence-corrected chi connectivity index (χ2v) is 3.87. The third-order valence-corrected chi connectivity index (χ3v) is 2.87. The highest BCUT2D eigenvalue weighted by molar-refractivity contribution is 4.94. The molecule has 0 saturated carbocycles. The van der Waals surface area contributed by atoms with Crippen molar-refractivity contribution in [1.29, 1.82) is 0 Å². The van der Waals surface area contributed by atoms with Crippen LogP contribution in [0.25, 0.3) is 0 Å². The van der Waals surface area contributed by atoms with Gasteiger partial charge >= 0.3 is 0 Å². The summed E-state index contributed by atoms with van der Waals surface area (Å²) in [4.78, 5) is 2.44. The number of hydrogen-bond donors (Lipinski definition) is 1. The molecular formula is C8H16N2. The van der Waals surface area contributed by atoms with E-state index >= 15 is 0 Å². The van der Waals surface area contributed by atoms with Gasteiger partial charge in [0.15, 0.2) is 0 Å². The first kappa shape index (κ1) is 6.62. The van der Waals surface area contributed by atoms with Crippen LogP contribution in [-0.2, 0) is 0 Å². The van der Waals surface area contributed by atoms with E-state index in [4.69, 9.17) is 0 Å². The van der Waals surface area contributed by atoms with Gasteiger partial charge in [-0.05, 0) is 26.3 Å². The Morgan fingerprint density at radius 1 is 1.40 bits per heavy atom. The van der Waals surface area contributed by atoms with Crippen molar-refractivity contribution in [2.75, 3.05) is 20.1 Å². The molecule has 2 fully saturated rings. The molecule has 0 aliphatic carbocycles. The number of likely N-dealkylation sites (tertiary alicyclic amines) is 1. The summed E-state index contributed by atoms with van der Waals surface area (Å²) in [5.74, 6) is 0.920. The fourth-order valence-electron chi connectivity index (χ4n) is 2.36. The van der Waals surface area contributed by atoms with E-state index in [-0.39, 0.29) is 0 Å². The smallest absolute Gasteiger partial charge is 0.0201 e. The van der Waals surface area contributed by atoms with Gasteiger partial charge < -0.3 is 10.2 Å². The van der Waals surface area contributed by atoms with Crippen LogP contribution in [-0.4, -0.2) is 37.1 Å². The number of likely N-dealkylation sites (N-methyl/N-ethyl adjacent to an activating group) is 1. The molecule has 1 unspecified atom stereocenters. The molecule has 2 saturated heterocycles. The highest BCUT2D eigenvalue weighted by Gasteiger charge is 2.35. The molecule has 2 aliphatic rings. The molecule has 2 rings (SSSR count). The fraction of sp³-hybridized carbons (Fsp3) is 1.00. The molecule has 0 aromatic heterocycles. The second kappa shape index (κ2) is 2.21. The van der Waals surface area contributed by atoms with Gasteiger partial charge in [-0.3, -0.25) is 0 Å². The van der Waals surface area contributed by atoms with Crippen LogP contribution in [0.1, 0.15) is 13.3 Å². The van der Waals surface area contributed by atoms with Crippen molar-refractivity contribution < 1.29 is 0 Å². The van der Waals surface area contributed by atoms with Crippen LogP contribution in [0.5, 0.6) is 0 Å². The van der Waals surface area contributed by atoms with E-state index in [2.05, 4.69) is 24.2 Å². The lowest BCUT2D eigenvalue weighted by Crippen LogP contribution is -2.38. The number of rotatable bonds is 0. The average Bonchev–Trinajstić information content (AvgIpc) is 2.07. The molecule has 1 N–H and O–H groups in total. The summed E-state index contributed by atoms with van der Waals surface area (Å²) in [6, 6.07) is 1.55. The Hall–Kier alpha value is -0.0800. The Balaban J connectivity index is 2.06. The van der Waals surface area contributed by atoms with Crippen LogP contribution in [0.4, 0.5) is 0 Å². The first-order chi connectivity index (χ1) is 4.75. The maximum Gasteiger partial charge on any atom is 0.0201 e. The van der Waals surface area contributed by atoms with Gasteiger partial charge in [0.2, 0.25) is 0 Å². The number of nitrogens with one attached hydrogen (secondary N) is 1. The first-order valence-corrected chi connectivity index (χ1v) is 4.20. The van der Waals surface area contributed by atoms with E-state index in [0.717, 1.165) is 18.0 Å². The SMILES string of the molecule is CC1N[C@@H]2C[C@H]1CN(C)C2. The highest BCUT2D eigenvalue weighted by atomic mass is 15.2. The molecule has 2 heteroatoms.